The van der Waals surface area contributed by atoms with Gasteiger partial charge in [0.2, 0.25) is 0 Å². The van der Waals surface area contributed by atoms with E-state index in [-0.39, 0.29) is 0 Å². The molecule has 0 saturated heterocycles. The van der Waals surface area contributed by atoms with Gasteiger partial charge >= 0.3 is 0 Å². The van der Waals surface area contributed by atoms with Crippen molar-refractivity contribution in [2.45, 2.75) is 38.5 Å². The van der Waals surface area contributed by atoms with Gasteiger partial charge in [0.05, 0.1) is 0 Å². The molecule has 0 saturated carbocycles. The molecule has 0 bridgehead atoms. The van der Waals surface area contributed by atoms with Gasteiger partial charge in [-0.2, -0.15) is 0 Å². The predicted octanol–water partition coefficient (Wildman–Crippen LogP) is 3.05. The number of rotatable bonds is 1. The van der Waals surface area contributed by atoms with Crippen LogP contribution in [0.4, 0.5) is 0 Å². The van der Waals surface area contributed by atoms with Gasteiger partial charge in [0.25, 0.3) is 0 Å². The molecule has 0 radical (unpaired) electrons. The Hall–Kier alpha value is -0.980. The van der Waals surface area contributed by atoms with Gasteiger partial charge in [0.1, 0.15) is 0 Å². The van der Waals surface area contributed by atoms with Gasteiger partial charge in [-0.15, -0.1) is 0 Å². The molecule has 0 spiro atoms. The molecule has 0 aromatic rings. The molecule has 0 unspecified atom stereocenters. The maximum absolute atomic E-state index is 5.72. The van der Waals surface area contributed by atoms with Crippen LogP contribution in [0.3, 0.4) is 0 Å². The largest absolute Gasteiger partial charge is 0.402 e. The molecular formula is C12H17N. The fourth-order valence-electron chi connectivity index (χ4n) is 2.05. The van der Waals surface area contributed by atoms with Crippen molar-refractivity contribution < 1.29 is 0 Å². The van der Waals surface area contributed by atoms with E-state index >= 15 is 0 Å². The quantitative estimate of drug-likeness (QED) is 0.651. The summed E-state index contributed by atoms with van der Waals surface area (Å²) in [6.07, 6.45) is 14.1. The van der Waals surface area contributed by atoms with Gasteiger partial charge in [0, 0.05) is 5.70 Å². The summed E-state index contributed by atoms with van der Waals surface area (Å²) in [5.74, 6) is 0. The van der Waals surface area contributed by atoms with Crippen molar-refractivity contribution in [1.29, 1.82) is 0 Å². The lowest BCUT2D eigenvalue weighted by Crippen LogP contribution is -2.04. The molecule has 1 nitrogen and oxygen atoms in total. The molecule has 2 aliphatic rings. The van der Waals surface area contributed by atoms with E-state index < -0.39 is 0 Å². The van der Waals surface area contributed by atoms with Crippen LogP contribution in [0.5, 0.6) is 0 Å². The molecule has 0 aromatic carbocycles. The van der Waals surface area contributed by atoms with Gasteiger partial charge in [-0.1, -0.05) is 12.2 Å². The molecule has 1 heteroatoms. The Kier molecular flexibility index (Phi) is 2.53. The summed E-state index contributed by atoms with van der Waals surface area (Å²) in [5, 5.41) is 0. The van der Waals surface area contributed by atoms with Gasteiger partial charge in [-0.05, 0) is 55.7 Å². The number of hydrogen-bond acceptors (Lipinski definition) is 1. The van der Waals surface area contributed by atoms with Gasteiger partial charge in [0.15, 0.2) is 0 Å². The Bertz CT molecular complexity index is 281. The molecule has 0 aliphatic heterocycles. The third-order valence-corrected chi connectivity index (χ3v) is 2.89. The second kappa shape index (κ2) is 3.82. The van der Waals surface area contributed by atoms with Crippen molar-refractivity contribution in [3.8, 4) is 0 Å². The minimum absolute atomic E-state index is 1.03. The molecule has 2 aliphatic carbocycles. The molecule has 13 heavy (non-hydrogen) atoms. The van der Waals surface area contributed by atoms with Crippen molar-refractivity contribution in [2.24, 2.45) is 5.73 Å². The first kappa shape index (κ1) is 8.61. The zero-order valence-corrected chi connectivity index (χ0v) is 8.05. The standard InChI is InChI=1S/C12H17N/c13-12-8-6-11(7-9-12)10-4-2-1-3-5-10/h4,6,8H,1-3,5,7,9,13H2. The summed E-state index contributed by atoms with van der Waals surface area (Å²) in [4.78, 5) is 0. The molecule has 0 atom stereocenters. The number of hydrogen-bond donors (Lipinski definition) is 1. The Morgan fingerprint density at radius 3 is 2.46 bits per heavy atom. The fraction of sp³-hybridized carbons (Fsp3) is 0.500. The number of allylic oxidation sites excluding steroid dienone is 6. The van der Waals surface area contributed by atoms with Crippen LogP contribution in [0, 0.1) is 0 Å². The zero-order chi connectivity index (χ0) is 9.10. The van der Waals surface area contributed by atoms with E-state index in [9.17, 15) is 0 Å². The Labute approximate surface area is 80.0 Å². The molecule has 0 heterocycles. The highest BCUT2D eigenvalue weighted by Crippen LogP contribution is 2.29. The van der Waals surface area contributed by atoms with E-state index in [0.29, 0.717) is 0 Å². The highest BCUT2D eigenvalue weighted by Gasteiger charge is 2.10. The highest BCUT2D eigenvalue weighted by atomic mass is 14.6. The lowest BCUT2D eigenvalue weighted by atomic mass is 9.89. The average molecular weight is 175 g/mol. The third-order valence-electron chi connectivity index (χ3n) is 2.89. The first-order chi connectivity index (χ1) is 6.36. The van der Waals surface area contributed by atoms with Crippen molar-refractivity contribution >= 4 is 0 Å². The number of nitrogens with two attached hydrogens (primary N) is 1. The third kappa shape index (κ3) is 2.03. The van der Waals surface area contributed by atoms with Crippen molar-refractivity contribution in [2.75, 3.05) is 0 Å². The van der Waals surface area contributed by atoms with Crippen LogP contribution in [0.15, 0.2) is 35.1 Å². The minimum atomic E-state index is 1.03. The lowest BCUT2D eigenvalue weighted by Gasteiger charge is -2.18. The smallest absolute Gasteiger partial charge is 0.00838 e. The molecule has 0 aromatic heterocycles. The van der Waals surface area contributed by atoms with E-state index in [0.717, 1.165) is 18.5 Å². The van der Waals surface area contributed by atoms with Gasteiger partial charge in [-0.3, -0.25) is 0 Å². The van der Waals surface area contributed by atoms with Crippen molar-refractivity contribution in [3.05, 3.63) is 35.1 Å². The Balaban J connectivity index is 2.12. The zero-order valence-electron chi connectivity index (χ0n) is 8.05. The summed E-state index contributed by atoms with van der Waals surface area (Å²) in [7, 11) is 0. The van der Waals surface area contributed by atoms with Crippen LogP contribution in [0.1, 0.15) is 38.5 Å². The normalized spacial score (nSPS) is 23.2. The lowest BCUT2D eigenvalue weighted by molar-refractivity contribution is 0.697. The summed E-state index contributed by atoms with van der Waals surface area (Å²) in [6.45, 7) is 0. The van der Waals surface area contributed by atoms with Crippen LogP contribution < -0.4 is 5.73 Å². The van der Waals surface area contributed by atoms with E-state index in [1.807, 2.05) is 0 Å². The first-order valence-electron chi connectivity index (χ1n) is 5.21. The Morgan fingerprint density at radius 1 is 0.923 bits per heavy atom. The Morgan fingerprint density at radius 2 is 1.85 bits per heavy atom. The highest BCUT2D eigenvalue weighted by molar-refractivity contribution is 5.38. The second-order valence-corrected chi connectivity index (χ2v) is 3.91. The SMILES string of the molecule is NC1=CC=C(C2=CCCCC2)CC1. The van der Waals surface area contributed by atoms with Crippen LogP contribution in [-0.2, 0) is 0 Å². The van der Waals surface area contributed by atoms with Gasteiger partial charge in [-0.25, -0.2) is 0 Å². The summed E-state index contributed by atoms with van der Waals surface area (Å²) in [5.41, 5.74) is 9.85. The van der Waals surface area contributed by atoms with E-state index in [2.05, 4.69) is 18.2 Å². The molecule has 2 rings (SSSR count). The van der Waals surface area contributed by atoms with E-state index in [1.165, 1.54) is 31.3 Å². The van der Waals surface area contributed by atoms with E-state index in [4.69, 9.17) is 5.73 Å². The molecule has 0 fully saturated rings. The monoisotopic (exact) mass is 175 g/mol. The maximum Gasteiger partial charge on any atom is 0.00838 e. The average Bonchev–Trinajstić information content (AvgIpc) is 2.20. The fourth-order valence-corrected chi connectivity index (χ4v) is 2.05. The topological polar surface area (TPSA) is 26.0 Å². The summed E-state index contributed by atoms with van der Waals surface area (Å²) >= 11 is 0. The molecule has 2 N–H and O–H groups in total. The summed E-state index contributed by atoms with van der Waals surface area (Å²) in [6, 6.07) is 0. The molecule has 0 amide bonds. The van der Waals surface area contributed by atoms with Crippen LogP contribution in [-0.4, -0.2) is 0 Å². The second-order valence-electron chi connectivity index (χ2n) is 3.91. The van der Waals surface area contributed by atoms with Crippen molar-refractivity contribution in [1.82, 2.24) is 0 Å². The first-order valence-corrected chi connectivity index (χ1v) is 5.21. The summed E-state index contributed by atoms with van der Waals surface area (Å²) < 4.78 is 0. The minimum Gasteiger partial charge on any atom is -0.402 e. The van der Waals surface area contributed by atoms with Crippen LogP contribution >= 0.6 is 0 Å². The molecule has 70 valence electrons. The maximum atomic E-state index is 5.72. The predicted molar refractivity (Wildman–Crippen MR) is 56.1 cm³/mol. The molecular weight excluding hydrogens is 158 g/mol. The van der Waals surface area contributed by atoms with Crippen molar-refractivity contribution in [3.63, 3.8) is 0 Å². The van der Waals surface area contributed by atoms with Crippen LogP contribution in [0.2, 0.25) is 0 Å². The van der Waals surface area contributed by atoms with E-state index in [1.54, 1.807) is 5.57 Å². The van der Waals surface area contributed by atoms with Crippen LogP contribution in [0.25, 0.3) is 0 Å². The van der Waals surface area contributed by atoms with Gasteiger partial charge < -0.3 is 5.73 Å².